The Labute approximate surface area is 207 Å². The van der Waals surface area contributed by atoms with Crippen LogP contribution in [0.3, 0.4) is 0 Å². The fourth-order valence-electron chi connectivity index (χ4n) is 4.83. The molecule has 2 fully saturated rings. The van der Waals surface area contributed by atoms with Crippen molar-refractivity contribution in [1.82, 2.24) is 15.5 Å². The third-order valence-electron chi connectivity index (χ3n) is 6.81. The Morgan fingerprint density at radius 2 is 1.71 bits per heavy atom. The monoisotopic (exact) mass is 483 g/mol. The number of nitrogens with zero attached hydrogens (tertiary/aromatic N) is 1. The van der Waals surface area contributed by atoms with Crippen LogP contribution in [-0.2, 0) is 22.6 Å². The molecule has 8 heteroatoms. The second-order valence-electron chi connectivity index (χ2n) is 9.28. The number of ether oxygens (including phenoxy) is 2. The first-order valence-electron chi connectivity index (χ1n) is 12.6. The standard InChI is InChI=1S/C27H37N3O5/c1-2-28-27(33)29-15-19-5-11-22(12-6-19)26-34-24(16-30-13-3-4-23(30)18-32)14-25(35-26)21-9-7-20(17-31)8-10-21/h5-12,23-26,31-32H,2-4,13-18H2,1H3,(H2,28,29,33)/t23-,24+,25-,26-/m0/s1. The number of hydrogen-bond donors (Lipinski definition) is 4. The molecule has 35 heavy (non-hydrogen) atoms. The molecule has 0 spiro atoms. The lowest BCUT2D eigenvalue weighted by atomic mass is 9.99. The average molecular weight is 484 g/mol. The summed E-state index contributed by atoms with van der Waals surface area (Å²) in [6.07, 6.45) is 2.13. The first-order valence-corrected chi connectivity index (χ1v) is 12.6. The van der Waals surface area contributed by atoms with Gasteiger partial charge in [0.15, 0.2) is 6.29 Å². The summed E-state index contributed by atoms with van der Waals surface area (Å²) in [4.78, 5) is 14.0. The molecule has 2 aromatic carbocycles. The molecule has 4 rings (SSSR count). The molecule has 0 aromatic heterocycles. The third kappa shape index (κ3) is 6.80. The van der Waals surface area contributed by atoms with Gasteiger partial charge in [-0.05, 0) is 43.0 Å². The van der Waals surface area contributed by atoms with Gasteiger partial charge in [-0.3, -0.25) is 4.90 Å². The van der Waals surface area contributed by atoms with E-state index in [0.717, 1.165) is 54.6 Å². The molecule has 0 aliphatic carbocycles. The molecule has 2 aliphatic heterocycles. The zero-order valence-electron chi connectivity index (χ0n) is 20.4. The van der Waals surface area contributed by atoms with Gasteiger partial charge in [0.1, 0.15) is 0 Å². The first kappa shape index (κ1) is 25.6. The van der Waals surface area contributed by atoms with Gasteiger partial charge in [0, 0.05) is 37.7 Å². The minimum atomic E-state index is -0.517. The van der Waals surface area contributed by atoms with Crippen molar-refractivity contribution in [1.29, 1.82) is 0 Å². The number of aliphatic hydroxyl groups excluding tert-OH is 2. The summed E-state index contributed by atoms with van der Waals surface area (Å²) in [6, 6.07) is 15.8. The maximum Gasteiger partial charge on any atom is 0.315 e. The molecule has 2 heterocycles. The van der Waals surface area contributed by atoms with Crippen LogP contribution in [0.25, 0.3) is 0 Å². The molecule has 4 N–H and O–H groups in total. The van der Waals surface area contributed by atoms with E-state index in [1.165, 1.54) is 0 Å². The van der Waals surface area contributed by atoms with Crippen molar-refractivity contribution in [2.45, 2.75) is 63.9 Å². The van der Waals surface area contributed by atoms with Gasteiger partial charge in [0.2, 0.25) is 0 Å². The lowest BCUT2D eigenvalue weighted by Gasteiger charge is -2.38. The van der Waals surface area contributed by atoms with Gasteiger partial charge in [0.05, 0.1) is 25.4 Å². The summed E-state index contributed by atoms with van der Waals surface area (Å²) < 4.78 is 12.8. The van der Waals surface area contributed by atoms with Crippen LogP contribution in [0, 0.1) is 0 Å². The molecule has 0 radical (unpaired) electrons. The van der Waals surface area contributed by atoms with E-state index in [9.17, 15) is 15.0 Å². The van der Waals surface area contributed by atoms with Gasteiger partial charge in [-0.25, -0.2) is 4.79 Å². The molecule has 2 aliphatic rings. The number of carbonyl (C=O) groups is 1. The molecule has 2 saturated heterocycles. The number of nitrogens with one attached hydrogen (secondary N) is 2. The largest absolute Gasteiger partial charge is 0.395 e. The van der Waals surface area contributed by atoms with Crippen molar-refractivity contribution in [2.24, 2.45) is 0 Å². The maximum absolute atomic E-state index is 11.7. The van der Waals surface area contributed by atoms with Crippen LogP contribution < -0.4 is 10.6 Å². The second kappa shape index (κ2) is 12.5. The van der Waals surface area contributed by atoms with Crippen LogP contribution in [-0.4, -0.2) is 59.5 Å². The SMILES string of the molecule is CCNC(=O)NCc1ccc([C@H]2O[C@@H](CN3CCC[C@H]3CO)C[C@@H](c3ccc(CO)cc3)O2)cc1. The average Bonchev–Trinajstić information content (AvgIpc) is 3.35. The van der Waals surface area contributed by atoms with E-state index in [-0.39, 0.29) is 37.5 Å². The number of urea groups is 1. The van der Waals surface area contributed by atoms with E-state index in [1.54, 1.807) is 0 Å². The summed E-state index contributed by atoms with van der Waals surface area (Å²) in [5, 5.41) is 24.7. The highest BCUT2D eigenvalue weighted by atomic mass is 16.7. The normalized spacial score (nSPS) is 24.9. The first-order chi connectivity index (χ1) is 17.1. The highest BCUT2D eigenvalue weighted by Crippen LogP contribution is 2.38. The Morgan fingerprint density at radius 1 is 1.00 bits per heavy atom. The van der Waals surface area contributed by atoms with Crippen molar-refractivity contribution in [2.75, 3.05) is 26.2 Å². The minimum absolute atomic E-state index is 0.0129. The highest BCUT2D eigenvalue weighted by Gasteiger charge is 2.35. The molecule has 2 aromatic rings. The van der Waals surface area contributed by atoms with Crippen molar-refractivity contribution >= 4 is 6.03 Å². The predicted octanol–water partition coefficient (Wildman–Crippen LogP) is 3.00. The molecule has 4 atom stereocenters. The van der Waals surface area contributed by atoms with E-state index < -0.39 is 6.29 Å². The molecule has 0 saturated carbocycles. The van der Waals surface area contributed by atoms with Crippen LogP contribution >= 0.6 is 0 Å². The number of amides is 2. The van der Waals surface area contributed by atoms with E-state index in [4.69, 9.17) is 9.47 Å². The molecule has 0 unspecified atom stereocenters. The van der Waals surface area contributed by atoms with Crippen LogP contribution in [0.4, 0.5) is 4.79 Å². The van der Waals surface area contributed by atoms with Crippen molar-refractivity contribution in [3.63, 3.8) is 0 Å². The molecule has 190 valence electrons. The zero-order valence-corrected chi connectivity index (χ0v) is 20.4. The van der Waals surface area contributed by atoms with Crippen LogP contribution in [0.15, 0.2) is 48.5 Å². The van der Waals surface area contributed by atoms with E-state index in [1.807, 2.05) is 55.5 Å². The van der Waals surface area contributed by atoms with Crippen LogP contribution in [0.2, 0.25) is 0 Å². The van der Waals surface area contributed by atoms with Gasteiger partial charge in [0.25, 0.3) is 0 Å². The summed E-state index contributed by atoms with van der Waals surface area (Å²) in [6.45, 7) is 4.82. The molecular formula is C27H37N3O5. The van der Waals surface area contributed by atoms with Crippen molar-refractivity contribution < 1.29 is 24.5 Å². The fraction of sp³-hybridized carbons (Fsp3) is 0.519. The van der Waals surface area contributed by atoms with Gasteiger partial charge < -0.3 is 30.3 Å². The van der Waals surface area contributed by atoms with Gasteiger partial charge in [-0.1, -0.05) is 48.5 Å². The Morgan fingerprint density at radius 3 is 2.40 bits per heavy atom. The molecule has 2 amide bonds. The Hall–Kier alpha value is -2.49. The number of aliphatic hydroxyl groups is 2. The quantitative estimate of drug-likeness (QED) is 0.437. The molecule has 0 bridgehead atoms. The lowest BCUT2D eigenvalue weighted by Crippen LogP contribution is -2.42. The summed E-state index contributed by atoms with van der Waals surface area (Å²) in [7, 11) is 0. The number of rotatable bonds is 9. The van der Waals surface area contributed by atoms with Crippen molar-refractivity contribution in [3.05, 3.63) is 70.8 Å². The third-order valence-corrected chi connectivity index (χ3v) is 6.81. The topological polar surface area (TPSA) is 103 Å². The Kier molecular flexibility index (Phi) is 9.12. The Balaban J connectivity index is 1.47. The van der Waals surface area contributed by atoms with Gasteiger partial charge in [-0.15, -0.1) is 0 Å². The Bertz CT molecular complexity index is 937. The molecular weight excluding hydrogens is 446 g/mol. The number of hydrogen-bond acceptors (Lipinski definition) is 6. The van der Waals surface area contributed by atoms with E-state index in [2.05, 4.69) is 15.5 Å². The summed E-state index contributed by atoms with van der Waals surface area (Å²) in [5.74, 6) is 0. The second-order valence-corrected chi connectivity index (χ2v) is 9.28. The number of carbonyl (C=O) groups excluding carboxylic acids is 1. The number of likely N-dealkylation sites (tertiary alicyclic amines) is 1. The maximum atomic E-state index is 11.7. The smallest absolute Gasteiger partial charge is 0.315 e. The number of benzene rings is 2. The van der Waals surface area contributed by atoms with E-state index in [0.29, 0.717) is 13.1 Å². The lowest BCUT2D eigenvalue weighted by molar-refractivity contribution is -0.253. The summed E-state index contributed by atoms with van der Waals surface area (Å²) >= 11 is 0. The highest BCUT2D eigenvalue weighted by molar-refractivity contribution is 5.73. The van der Waals surface area contributed by atoms with Gasteiger partial charge >= 0.3 is 6.03 Å². The van der Waals surface area contributed by atoms with Gasteiger partial charge in [-0.2, -0.15) is 0 Å². The zero-order chi connectivity index (χ0) is 24.6. The van der Waals surface area contributed by atoms with E-state index >= 15 is 0 Å². The summed E-state index contributed by atoms with van der Waals surface area (Å²) in [5.41, 5.74) is 3.84. The molecule has 8 nitrogen and oxygen atoms in total. The van der Waals surface area contributed by atoms with Crippen molar-refractivity contribution in [3.8, 4) is 0 Å². The van der Waals surface area contributed by atoms with Crippen LogP contribution in [0.1, 0.15) is 60.8 Å². The predicted molar refractivity (Wildman–Crippen MR) is 132 cm³/mol. The fourth-order valence-corrected chi connectivity index (χ4v) is 4.83. The van der Waals surface area contributed by atoms with Crippen LogP contribution in [0.5, 0.6) is 0 Å². The minimum Gasteiger partial charge on any atom is -0.395 e.